The third-order valence-electron chi connectivity index (χ3n) is 2.21. The van der Waals surface area contributed by atoms with Crippen LogP contribution in [0.3, 0.4) is 0 Å². The summed E-state index contributed by atoms with van der Waals surface area (Å²) in [5.74, 6) is -0.919. The van der Waals surface area contributed by atoms with Crippen LogP contribution in [0.5, 0.6) is 0 Å². The SMILES string of the molecule is N[C@@H](CS)C(=O)O[C@@H]([C@H](O)[C@H](O)CO)[C@@H](N)C=O. The van der Waals surface area contributed by atoms with Crippen molar-refractivity contribution in [3.05, 3.63) is 0 Å². The van der Waals surface area contributed by atoms with Crippen molar-refractivity contribution in [2.45, 2.75) is 30.4 Å². The van der Waals surface area contributed by atoms with Crippen molar-refractivity contribution in [2.75, 3.05) is 12.4 Å². The maximum absolute atomic E-state index is 11.4. The van der Waals surface area contributed by atoms with E-state index in [0.29, 0.717) is 0 Å². The molecular formula is C9H18N2O6S. The van der Waals surface area contributed by atoms with Crippen LogP contribution in [-0.4, -0.2) is 70.3 Å². The van der Waals surface area contributed by atoms with Gasteiger partial charge in [0.2, 0.25) is 0 Å². The number of esters is 1. The van der Waals surface area contributed by atoms with E-state index in [-0.39, 0.29) is 12.0 Å². The summed E-state index contributed by atoms with van der Waals surface area (Å²) in [4.78, 5) is 22.0. The molecule has 0 amide bonds. The Hall–Kier alpha value is -0.710. The lowest BCUT2D eigenvalue weighted by Gasteiger charge is -2.28. The second-order valence-corrected chi connectivity index (χ2v) is 4.01. The molecular weight excluding hydrogens is 264 g/mol. The minimum Gasteiger partial charge on any atom is -0.456 e. The van der Waals surface area contributed by atoms with E-state index in [2.05, 4.69) is 12.6 Å². The summed E-state index contributed by atoms with van der Waals surface area (Å²) in [7, 11) is 0. The number of aliphatic hydroxyl groups excluding tert-OH is 3. The minimum atomic E-state index is -1.70. The molecule has 0 aliphatic heterocycles. The van der Waals surface area contributed by atoms with E-state index in [0.717, 1.165) is 0 Å². The summed E-state index contributed by atoms with van der Waals surface area (Å²) in [6, 6.07) is -2.40. The van der Waals surface area contributed by atoms with Crippen molar-refractivity contribution in [3.63, 3.8) is 0 Å². The van der Waals surface area contributed by atoms with E-state index in [1.165, 1.54) is 0 Å². The Morgan fingerprint density at radius 1 is 1.39 bits per heavy atom. The van der Waals surface area contributed by atoms with Gasteiger partial charge in [0.05, 0.1) is 6.61 Å². The number of aliphatic hydroxyl groups is 3. The summed E-state index contributed by atoms with van der Waals surface area (Å²) in [5.41, 5.74) is 10.7. The Balaban J connectivity index is 4.79. The van der Waals surface area contributed by atoms with Crippen LogP contribution in [0.25, 0.3) is 0 Å². The van der Waals surface area contributed by atoms with Crippen LogP contribution in [-0.2, 0) is 14.3 Å². The fraction of sp³-hybridized carbons (Fsp3) is 0.778. The van der Waals surface area contributed by atoms with Gasteiger partial charge in [-0.05, 0) is 0 Å². The van der Waals surface area contributed by atoms with E-state index in [4.69, 9.17) is 21.3 Å². The fourth-order valence-electron chi connectivity index (χ4n) is 1.08. The molecule has 5 atom stereocenters. The molecule has 7 N–H and O–H groups in total. The molecule has 9 heteroatoms. The predicted octanol–water partition coefficient (Wildman–Crippen LogP) is -3.60. The molecule has 0 aliphatic carbocycles. The summed E-state index contributed by atoms with van der Waals surface area (Å²) in [6.45, 7) is -0.778. The van der Waals surface area contributed by atoms with Gasteiger partial charge in [-0.2, -0.15) is 12.6 Å². The molecule has 0 aromatic heterocycles. The van der Waals surface area contributed by atoms with Crippen molar-refractivity contribution in [1.82, 2.24) is 0 Å². The second-order valence-electron chi connectivity index (χ2n) is 3.64. The Morgan fingerprint density at radius 2 is 1.94 bits per heavy atom. The molecule has 0 unspecified atom stereocenters. The zero-order valence-electron chi connectivity index (χ0n) is 9.55. The maximum Gasteiger partial charge on any atom is 0.324 e. The van der Waals surface area contributed by atoms with Gasteiger partial charge in [0.15, 0.2) is 6.10 Å². The topological polar surface area (TPSA) is 156 Å². The first-order chi connectivity index (χ1) is 8.38. The van der Waals surface area contributed by atoms with Crippen LogP contribution < -0.4 is 11.5 Å². The average molecular weight is 282 g/mol. The first-order valence-corrected chi connectivity index (χ1v) is 5.77. The zero-order chi connectivity index (χ0) is 14.3. The van der Waals surface area contributed by atoms with Gasteiger partial charge in [0.25, 0.3) is 0 Å². The monoisotopic (exact) mass is 282 g/mol. The van der Waals surface area contributed by atoms with Crippen molar-refractivity contribution >= 4 is 24.9 Å². The smallest absolute Gasteiger partial charge is 0.324 e. The Morgan fingerprint density at radius 3 is 2.33 bits per heavy atom. The van der Waals surface area contributed by atoms with Crippen molar-refractivity contribution in [2.24, 2.45) is 11.5 Å². The molecule has 8 nitrogen and oxygen atoms in total. The fourth-order valence-corrected chi connectivity index (χ4v) is 1.23. The molecule has 0 fully saturated rings. The predicted molar refractivity (Wildman–Crippen MR) is 64.8 cm³/mol. The first-order valence-electron chi connectivity index (χ1n) is 5.13. The van der Waals surface area contributed by atoms with E-state index < -0.39 is 43.0 Å². The Kier molecular flexibility index (Phi) is 8.07. The summed E-state index contributed by atoms with van der Waals surface area (Å²) >= 11 is 3.78. The minimum absolute atomic E-state index is 0.000525. The number of hydrogen-bond acceptors (Lipinski definition) is 9. The number of nitrogens with two attached hydrogens (primary N) is 2. The lowest BCUT2D eigenvalue weighted by atomic mass is 10.0. The van der Waals surface area contributed by atoms with Crippen LogP contribution in [0.1, 0.15) is 0 Å². The highest BCUT2D eigenvalue weighted by Gasteiger charge is 2.35. The lowest BCUT2D eigenvalue weighted by molar-refractivity contribution is -0.164. The molecule has 0 spiro atoms. The molecule has 0 aliphatic rings. The molecule has 0 aromatic carbocycles. The Labute approximate surface area is 109 Å². The molecule has 106 valence electrons. The van der Waals surface area contributed by atoms with Gasteiger partial charge in [0, 0.05) is 5.75 Å². The van der Waals surface area contributed by atoms with Gasteiger partial charge in [0.1, 0.15) is 30.6 Å². The molecule has 0 rings (SSSR count). The van der Waals surface area contributed by atoms with Gasteiger partial charge in [-0.25, -0.2) is 0 Å². The maximum atomic E-state index is 11.4. The van der Waals surface area contributed by atoms with Gasteiger partial charge >= 0.3 is 5.97 Å². The number of hydrogen-bond donors (Lipinski definition) is 6. The zero-order valence-corrected chi connectivity index (χ0v) is 10.4. The van der Waals surface area contributed by atoms with Crippen molar-refractivity contribution in [3.8, 4) is 0 Å². The molecule has 0 aromatic rings. The summed E-state index contributed by atoms with van der Waals surface area (Å²) in [6.07, 6.45) is -4.55. The first kappa shape index (κ1) is 17.3. The number of carbonyl (C=O) groups is 2. The van der Waals surface area contributed by atoms with Gasteiger partial charge in [-0.15, -0.1) is 0 Å². The Bertz CT molecular complexity index is 280. The second kappa shape index (κ2) is 8.40. The molecule has 0 saturated heterocycles. The number of aldehydes is 1. The van der Waals surface area contributed by atoms with Crippen LogP contribution in [0.15, 0.2) is 0 Å². The highest BCUT2D eigenvalue weighted by molar-refractivity contribution is 7.80. The third kappa shape index (κ3) is 4.88. The van der Waals surface area contributed by atoms with Crippen molar-refractivity contribution in [1.29, 1.82) is 0 Å². The van der Waals surface area contributed by atoms with Crippen LogP contribution >= 0.6 is 12.6 Å². The molecule has 0 heterocycles. The van der Waals surface area contributed by atoms with Gasteiger partial charge in [-0.1, -0.05) is 0 Å². The summed E-state index contributed by atoms with van der Waals surface area (Å²) < 4.78 is 4.75. The number of thiol groups is 1. The standard InChI is InChI=1S/C9H18N2O6S/c10-4(1-12)8(7(15)6(14)2-13)17-9(16)5(11)3-18/h1,4-8,13-15,18H,2-3,10-11H2/t4-,5-,6+,7+,8+/m0/s1. The number of carbonyl (C=O) groups excluding carboxylic acids is 2. The molecule has 0 radical (unpaired) electrons. The van der Waals surface area contributed by atoms with E-state index in [1.54, 1.807) is 0 Å². The van der Waals surface area contributed by atoms with Crippen LogP contribution in [0.2, 0.25) is 0 Å². The highest BCUT2D eigenvalue weighted by Crippen LogP contribution is 2.09. The van der Waals surface area contributed by atoms with Gasteiger partial charge in [-0.3, -0.25) is 4.79 Å². The van der Waals surface area contributed by atoms with E-state index in [1.807, 2.05) is 0 Å². The lowest BCUT2D eigenvalue weighted by Crippen LogP contribution is -2.53. The largest absolute Gasteiger partial charge is 0.456 e. The highest BCUT2D eigenvalue weighted by atomic mass is 32.1. The average Bonchev–Trinajstić information content (AvgIpc) is 2.40. The quantitative estimate of drug-likeness (QED) is 0.151. The van der Waals surface area contributed by atoms with Crippen molar-refractivity contribution < 1.29 is 29.6 Å². The molecule has 0 saturated carbocycles. The van der Waals surface area contributed by atoms with E-state index >= 15 is 0 Å². The molecule has 0 bridgehead atoms. The number of ether oxygens (including phenoxy) is 1. The van der Waals surface area contributed by atoms with Crippen LogP contribution in [0, 0.1) is 0 Å². The third-order valence-corrected chi connectivity index (χ3v) is 2.60. The summed E-state index contributed by atoms with van der Waals surface area (Å²) in [5, 5.41) is 27.5. The van der Waals surface area contributed by atoms with Gasteiger partial charge < -0.3 is 36.3 Å². The molecule has 18 heavy (non-hydrogen) atoms. The van der Waals surface area contributed by atoms with E-state index in [9.17, 15) is 19.8 Å². The van der Waals surface area contributed by atoms with Crippen LogP contribution in [0.4, 0.5) is 0 Å². The number of rotatable bonds is 8. The normalized spacial score (nSPS) is 19.4.